The monoisotopic (exact) mass is 191 g/mol. The molecule has 0 saturated heterocycles. The lowest BCUT2D eigenvalue weighted by atomic mass is 9.80. The van der Waals surface area contributed by atoms with Crippen LogP contribution in [-0.2, 0) is 0 Å². The van der Waals surface area contributed by atoms with E-state index in [-0.39, 0.29) is 0 Å². The van der Waals surface area contributed by atoms with Crippen LogP contribution in [0.5, 0.6) is 0 Å². The van der Waals surface area contributed by atoms with E-state index in [2.05, 4.69) is 24.6 Å². The van der Waals surface area contributed by atoms with E-state index in [1.54, 1.807) is 0 Å². The summed E-state index contributed by atoms with van der Waals surface area (Å²) in [6.45, 7) is 6.03. The molecule has 0 radical (unpaired) electrons. The van der Waals surface area contributed by atoms with Crippen LogP contribution < -0.4 is 0 Å². The number of allylic oxidation sites excluding steroid dienone is 3. The molecule has 2 atom stereocenters. The molecule has 0 aromatic carbocycles. The van der Waals surface area contributed by atoms with Crippen molar-refractivity contribution in [2.24, 2.45) is 16.8 Å². The highest BCUT2D eigenvalue weighted by molar-refractivity contribution is 5.97. The van der Waals surface area contributed by atoms with Gasteiger partial charge in [0.1, 0.15) is 0 Å². The molecule has 0 spiro atoms. The number of hydrogen-bond donors (Lipinski definition) is 0. The van der Waals surface area contributed by atoms with Crippen molar-refractivity contribution in [3.63, 3.8) is 0 Å². The number of rotatable bonds is 3. The Morgan fingerprint density at radius 3 is 2.79 bits per heavy atom. The van der Waals surface area contributed by atoms with E-state index in [0.717, 1.165) is 5.92 Å². The van der Waals surface area contributed by atoms with E-state index in [1.165, 1.54) is 31.4 Å². The number of nitrogens with zero attached hydrogens (tertiary/aromatic N) is 1. The van der Waals surface area contributed by atoms with Crippen LogP contribution >= 0.6 is 0 Å². The zero-order valence-corrected chi connectivity index (χ0v) is 9.37. The lowest BCUT2D eigenvalue weighted by Crippen LogP contribution is -2.20. The van der Waals surface area contributed by atoms with E-state index in [9.17, 15) is 0 Å². The molecule has 0 bridgehead atoms. The van der Waals surface area contributed by atoms with Gasteiger partial charge >= 0.3 is 0 Å². The molecular weight excluding hydrogens is 170 g/mol. The fraction of sp³-hybridized carbons (Fsp3) is 0.615. The summed E-state index contributed by atoms with van der Waals surface area (Å²) in [5, 5.41) is 0. The molecule has 1 fully saturated rings. The fourth-order valence-corrected chi connectivity index (χ4v) is 2.26. The Morgan fingerprint density at radius 1 is 1.43 bits per heavy atom. The lowest BCUT2D eigenvalue weighted by Gasteiger charge is -2.26. The topological polar surface area (TPSA) is 12.4 Å². The van der Waals surface area contributed by atoms with Crippen LogP contribution in [0.2, 0.25) is 0 Å². The molecular formula is C13H21N. The first-order valence-corrected chi connectivity index (χ1v) is 5.53. The summed E-state index contributed by atoms with van der Waals surface area (Å²) < 4.78 is 0. The van der Waals surface area contributed by atoms with Crippen molar-refractivity contribution in [1.29, 1.82) is 0 Å². The van der Waals surface area contributed by atoms with Gasteiger partial charge in [0.15, 0.2) is 0 Å². The van der Waals surface area contributed by atoms with Crippen LogP contribution in [0, 0.1) is 11.8 Å². The van der Waals surface area contributed by atoms with E-state index >= 15 is 0 Å². The van der Waals surface area contributed by atoms with Gasteiger partial charge in [-0.2, -0.15) is 0 Å². The third-order valence-corrected chi connectivity index (χ3v) is 3.02. The van der Waals surface area contributed by atoms with E-state index in [4.69, 9.17) is 0 Å². The Bertz CT molecular complexity index is 238. The molecule has 1 nitrogen and oxygen atoms in total. The van der Waals surface area contributed by atoms with E-state index in [0.29, 0.717) is 5.92 Å². The summed E-state index contributed by atoms with van der Waals surface area (Å²) in [7, 11) is 1.89. The Morgan fingerprint density at radius 2 is 2.21 bits per heavy atom. The molecule has 0 amide bonds. The van der Waals surface area contributed by atoms with Gasteiger partial charge in [0, 0.05) is 18.7 Å². The van der Waals surface area contributed by atoms with Gasteiger partial charge in [0.25, 0.3) is 0 Å². The quantitative estimate of drug-likeness (QED) is 0.477. The Labute approximate surface area is 87.6 Å². The second kappa shape index (κ2) is 5.79. The van der Waals surface area contributed by atoms with E-state index in [1.807, 2.05) is 19.2 Å². The molecule has 0 N–H and O–H groups in total. The molecule has 0 aromatic heterocycles. The van der Waals surface area contributed by atoms with Gasteiger partial charge in [-0.15, -0.1) is 0 Å². The van der Waals surface area contributed by atoms with Crippen molar-refractivity contribution in [3.8, 4) is 0 Å². The maximum atomic E-state index is 4.37. The molecule has 0 unspecified atom stereocenters. The van der Waals surface area contributed by atoms with Crippen LogP contribution in [0.1, 0.15) is 32.6 Å². The van der Waals surface area contributed by atoms with Crippen LogP contribution in [0.3, 0.4) is 0 Å². The van der Waals surface area contributed by atoms with Crippen LogP contribution in [0.25, 0.3) is 0 Å². The number of hydrogen-bond acceptors (Lipinski definition) is 1. The molecule has 1 saturated carbocycles. The van der Waals surface area contributed by atoms with Gasteiger partial charge < -0.3 is 0 Å². The maximum Gasteiger partial charge on any atom is 0.0375 e. The predicted octanol–water partition coefficient (Wildman–Crippen LogP) is 3.63. The predicted molar refractivity (Wildman–Crippen MR) is 63.8 cm³/mol. The van der Waals surface area contributed by atoms with Crippen LogP contribution in [0.4, 0.5) is 0 Å². The summed E-state index contributed by atoms with van der Waals surface area (Å²) >= 11 is 0. The van der Waals surface area contributed by atoms with Crippen LogP contribution in [-0.4, -0.2) is 12.8 Å². The maximum absolute atomic E-state index is 4.37. The molecule has 1 aliphatic rings. The minimum Gasteiger partial charge on any atom is -0.293 e. The summed E-state index contributed by atoms with van der Waals surface area (Å²) in [5.41, 5.74) is 1.25. The average molecular weight is 191 g/mol. The Hall–Kier alpha value is -0.850. The molecule has 0 heterocycles. The first-order valence-electron chi connectivity index (χ1n) is 5.53. The van der Waals surface area contributed by atoms with Crippen molar-refractivity contribution in [2.45, 2.75) is 32.6 Å². The smallest absolute Gasteiger partial charge is 0.0375 e. The molecule has 1 heteroatoms. The zero-order valence-electron chi connectivity index (χ0n) is 9.37. The molecule has 1 rings (SSSR count). The van der Waals surface area contributed by atoms with Gasteiger partial charge in [-0.05, 0) is 24.8 Å². The molecule has 14 heavy (non-hydrogen) atoms. The highest BCUT2D eigenvalue weighted by Gasteiger charge is 2.21. The van der Waals surface area contributed by atoms with Gasteiger partial charge in [-0.25, -0.2) is 0 Å². The first-order chi connectivity index (χ1) is 6.77. The standard InChI is InChI=1S/C13H21N/c1-4-5-9-13(14-3)12-8-6-7-11(2)10-12/h4-5,9,11-12H,1,6-8,10H2,2-3H3/b9-5-,14-13?/t11-,12+/m1/s1. The second-order valence-electron chi connectivity index (χ2n) is 4.21. The van der Waals surface area contributed by atoms with Gasteiger partial charge in [0.05, 0.1) is 0 Å². The summed E-state index contributed by atoms with van der Waals surface area (Å²) in [6.07, 6.45) is 11.3. The van der Waals surface area contributed by atoms with Gasteiger partial charge in [0.2, 0.25) is 0 Å². The summed E-state index contributed by atoms with van der Waals surface area (Å²) in [5.74, 6) is 1.54. The van der Waals surface area contributed by atoms with E-state index < -0.39 is 0 Å². The van der Waals surface area contributed by atoms with Gasteiger partial charge in [-0.1, -0.05) is 38.5 Å². The summed E-state index contributed by atoms with van der Waals surface area (Å²) in [4.78, 5) is 4.37. The van der Waals surface area contributed by atoms with Gasteiger partial charge in [-0.3, -0.25) is 4.99 Å². The minimum absolute atomic E-state index is 0.681. The molecule has 78 valence electrons. The average Bonchev–Trinajstić information content (AvgIpc) is 2.19. The third kappa shape index (κ3) is 3.13. The Balaban J connectivity index is 2.60. The molecule has 0 aromatic rings. The molecule has 1 aliphatic carbocycles. The van der Waals surface area contributed by atoms with Crippen molar-refractivity contribution >= 4 is 5.71 Å². The second-order valence-corrected chi connectivity index (χ2v) is 4.21. The lowest BCUT2D eigenvalue weighted by molar-refractivity contribution is 0.340. The van der Waals surface area contributed by atoms with Crippen molar-refractivity contribution in [1.82, 2.24) is 0 Å². The van der Waals surface area contributed by atoms with Crippen molar-refractivity contribution < 1.29 is 0 Å². The SMILES string of the molecule is C=C/C=C\C(=NC)[C@H]1CCC[C@@H](C)C1. The van der Waals surface area contributed by atoms with Crippen molar-refractivity contribution in [3.05, 3.63) is 24.8 Å². The highest BCUT2D eigenvalue weighted by Crippen LogP contribution is 2.29. The first kappa shape index (κ1) is 11.2. The largest absolute Gasteiger partial charge is 0.293 e. The molecule has 0 aliphatic heterocycles. The van der Waals surface area contributed by atoms with Crippen LogP contribution in [0.15, 0.2) is 29.8 Å². The number of aliphatic imine (C=N–C) groups is 1. The fourth-order valence-electron chi connectivity index (χ4n) is 2.26. The summed E-state index contributed by atoms with van der Waals surface area (Å²) in [6, 6.07) is 0. The zero-order chi connectivity index (χ0) is 10.4. The minimum atomic E-state index is 0.681. The Kier molecular flexibility index (Phi) is 4.64. The highest BCUT2D eigenvalue weighted by atomic mass is 14.7. The normalized spacial score (nSPS) is 29.4. The van der Waals surface area contributed by atoms with Crippen molar-refractivity contribution in [2.75, 3.05) is 7.05 Å². The third-order valence-electron chi connectivity index (χ3n) is 3.02.